The van der Waals surface area contributed by atoms with E-state index in [-0.39, 0.29) is 11.5 Å². The molecular weight excluding hydrogens is 184 g/mol. The minimum atomic E-state index is 0.248. The average Bonchev–Trinajstić information content (AvgIpc) is 2.26. The SMILES string of the molecule is CC1CC(C)N(C(C(C)N)C(C)(C)C)C1. The third-order valence-electron chi connectivity index (χ3n) is 3.57. The average molecular weight is 212 g/mol. The van der Waals surface area contributed by atoms with Crippen LogP contribution in [0.15, 0.2) is 0 Å². The van der Waals surface area contributed by atoms with E-state index in [2.05, 4.69) is 46.4 Å². The minimum absolute atomic E-state index is 0.248. The number of rotatable bonds is 2. The Hall–Kier alpha value is -0.0800. The molecule has 0 aromatic carbocycles. The molecule has 90 valence electrons. The molecule has 15 heavy (non-hydrogen) atoms. The smallest absolute Gasteiger partial charge is 0.0295 e. The zero-order chi connectivity index (χ0) is 11.8. The predicted octanol–water partition coefficient (Wildman–Crippen LogP) is 2.48. The van der Waals surface area contributed by atoms with Gasteiger partial charge in [-0.2, -0.15) is 0 Å². The van der Waals surface area contributed by atoms with Crippen LogP contribution in [0, 0.1) is 11.3 Å². The summed E-state index contributed by atoms with van der Waals surface area (Å²) in [6.07, 6.45) is 1.32. The molecule has 0 aliphatic carbocycles. The summed E-state index contributed by atoms with van der Waals surface area (Å²) in [5, 5.41) is 0. The molecule has 1 rings (SSSR count). The fraction of sp³-hybridized carbons (Fsp3) is 1.00. The number of hydrogen-bond donors (Lipinski definition) is 1. The van der Waals surface area contributed by atoms with Crippen LogP contribution in [0.25, 0.3) is 0 Å². The zero-order valence-corrected chi connectivity index (χ0v) is 11.2. The molecule has 2 nitrogen and oxygen atoms in total. The number of nitrogens with two attached hydrogens (primary N) is 1. The minimum Gasteiger partial charge on any atom is -0.327 e. The lowest BCUT2D eigenvalue weighted by molar-refractivity contribution is 0.0747. The molecule has 1 fully saturated rings. The van der Waals surface area contributed by atoms with Gasteiger partial charge in [-0.05, 0) is 31.6 Å². The largest absolute Gasteiger partial charge is 0.327 e. The van der Waals surface area contributed by atoms with Crippen molar-refractivity contribution in [3.63, 3.8) is 0 Å². The maximum absolute atomic E-state index is 6.17. The Balaban J connectivity index is 2.81. The fourth-order valence-electron chi connectivity index (χ4n) is 3.31. The van der Waals surface area contributed by atoms with E-state index in [1.165, 1.54) is 13.0 Å². The highest BCUT2D eigenvalue weighted by Crippen LogP contribution is 2.33. The van der Waals surface area contributed by atoms with Gasteiger partial charge in [-0.15, -0.1) is 0 Å². The summed E-state index contributed by atoms with van der Waals surface area (Å²) in [5.41, 5.74) is 6.44. The molecule has 0 bridgehead atoms. The van der Waals surface area contributed by atoms with Crippen LogP contribution >= 0.6 is 0 Å². The summed E-state index contributed by atoms with van der Waals surface area (Å²) < 4.78 is 0. The van der Waals surface area contributed by atoms with Crippen molar-refractivity contribution in [2.24, 2.45) is 17.1 Å². The molecule has 2 heteroatoms. The van der Waals surface area contributed by atoms with E-state index in [1.807, 2.05) is 0 Å². The second-order valence-electron chi connectivity index (χ2n) is 6.56. The van der Waals surface area contributed by atoms with Crippen LogP contribution in [0.1, 0.15) is 48.0 Å². The highest BCUT2D eigenvalue weighted by molar-refractivity contribution is 4.95. The summed E-state index contributed by atoms with van der Waals surface area (Å²) in [6, 6.07) is 1.44. The number of likely N-dealkylation sites (tertiary alicyclic amines) is 1. The molecule has 1 saturated heterocycles. The van der Waals surface area contributed by atoms with Crippen molar-refractivity contribution in [3.8, 4) is 0 Å². The van der Waals surface area contributed by atoms with Crippen molar-refractivity contribution in [2.45, 2.75) is 66.1 Å². The number of hydrogen-bond acceptors (Lipinski definition) is 2. The van der Waals surface area contributed by atoms with Gasteiger partial charge in [0.2, 0.25) is 0 Å². The second-order valence-corrected chi connectivity index (χ2v) is 6.56. The summed E-state index contributed by atoms with van der Waals surface area (Å²) in [7, 11) is 0. The zero-order valence-electron chi connectivity index (χ0n) is 11.2. The van der Waals surface area contributed by atoms with E-state index in [0.29, 0.717) is 12.1 Å². The Bertz CT molecular complexity index is 205. The molecule has 4 unspecified atom stereocenters. The van der Waals surface area contributed by atoms with Crippen molar-refractivity contribution >= 4 is 0 Å². The first-order valence-corrected chi connectivity index (χ1v) is 6.24. The van der Waals surface area contributed by atoms with E-state index in [0.717, 1.165) is 5.92 Å². The normalized spacial score (nSPS) is 33.0. The first kappa shape index (κ1) is 13.0. The van der Waals surface area contributed by atoms with Gasteiger partial charge in [0, 0.05) is 24.7 Å². The van der Waals surface area contributed by atoms with Crippen molar-refractivity contribution < 1.29 is 0 Å². The molecule has 1 heterocycles. The van der Waals surface area contributed by atoms with Gasteiger partial charge in [0.05, 0.1) is 0 Å². The third-order valence-corrected chi connectivity index (χ3v) is 3.57. The van der Waals surface area contributed by atoms with Crippen molar-refractivity contribution in [1.29, 1.82) is 0 Å². The molecule has 0 aromatic heterocycles. The molecule has 0 radical (unpaired) electrons. The Morgan fingerprint density at radius 1 is 1.27 bits per heavy atom. The predicted molar refractivity (Wildman–Crippen MR) is 66.8 cm³/mol. The lowest BCUT2D eigenvalue weighted by Crippen LogP contribution is -2.54. The van der Waals surface area contributed by atoms with Crippen LogP contribution < -0.4 is 5.73 Å². The van der Waals surface area contributed by atoms with Crippen molar-refractivity contribution in [1.82, 2.24) is 4.90 Å². The maximum atomic E-state index is 6.17. The summed E-state index contributed by atoms with van der Waals surface area (Å²) in [6.45, 7) is 14.9. The van der Waals surface area contributed by atoms with E-state index >= 15 is 0 Å². The topological polar surface area (TPSA) is 29.3 Å². The van der Waals surface area contributed by atoms with Gasteiger partial charge in [-0.25, -0.2) is 0 Å². The van der Waals surface area contributed by atoms with Gasteiger partial charge in [-0.1, -0.05) is 27.7 Å². The van der Waals surface area contributed by atoms with Crippen LogP contribution in [0.5, 0.6) is 0 Å². The van der Waals surface area contributed by atoms with Crippen molar-refractivity contribution in [2.75, 3.05) is 6.54 Å². The van der Waals surface area contributed by atoms with Gasteiger partial charge < -0.3 is 5.73 Å². The van der Waals surface area contributed by atoms with Crippen LogP contribution in [-0.2, 0) is 0 Å². The second kappa shape index (κ2) is 4.42. The Morgan fingerprint density at radius 3 is 2.07 bits per heavy atom. The van der Waals surface area contributed by atoms with E-state index < -0.39 is 0 Å². The fourth-order valence-corrected chi connectivity index (χ4v) is 3.31. The van der Waals surface area contributed by atoms with Crippen LogP contribution in [-0.4, -0.2) is 29.6 Å². The van der Waals surface area contributed by atoms with E-state index in [1.54, 1.807) is 0 Å². The van der Waals surface area contributed by atoms with Gasteiger partial charge >= 0.3 is 0 Å². The molecule has 1 aliphatic rings. The number of nitrogens with zero attached hydrogens (tertiary/aromatic N) is 1. The van der Waals surface area contributed by atoms with Crippen molar-refractivity contribution in [3.05, 3.63) is 0 Å². The molecule has 0 amide bonds. The van der Waals surface area contributed by atoms with Gasteiger partial charge in [-0.3, -0.25) is 4.90 Å². The molecule has 1 aliphatic heterocycles. The molecule has 0 aromatic rings. The quantitative estimate of drug-likeness (QED) is 0.762. The summed E-state index contributed by atoms with van der Waals surface area (Å²) in [5.74, 6) is 0.823. The third kappa shape index (κ3) is 2.94. The lowest BCUT2D eigenvalue weighted by atomic mass is 9.81. The van der Waals surface area contributed by atoms with E-state index in [9.17, 15) is 0 Å². The molecule has 2 N–H and O–H groups in total. The Morgan fingerprint density at radius 2 is 1.80 bits per heavy atom. The Labute approximate surface area is 95.2 Å². The van der Waals surface area contributed by atoms with Crippen LogP contribution in [0.2, 0.25) is 0 Å². The molecule has 0 spiro atoms. The standard InChI is InChI=1S/C13H28N2/c1-9-7-10(2)15(8-9)12(11(3)14)13(4,5)6/h9-12H,7-8,14H2,1-6H3. The highest BCUT2D eigenvalue weighted by Gasteiger charge is 2.39. The first-order valence-electron chi connectivity index (χ1n) is 6.24. The lowest BCUT2D eigenvalue weighted by Gasteiger charge is -2.43. The molecule has 4 atom stereocenters. The van der Waals surface area contributed by atoms with E-state index in [4.69, 9.17) is 5.73 Å². The maximum Gasteiger partial charge on any atom is 0.0295 e. The van der Waals surface area contributed by atoms with Crippen LogP contribution in [0.4, 0.5) is 0 Å². The highest BCUT2D eigenvalue weighted by atomic mass is 15.2. The van der Waals surface area contributed by atoms with Gasteiger partial charge in [0.25, 0.3) is 0 Å². The van der Waals surface area contributed by atoms with Crippen LogP contribution in [0.3, 0.4) is 0 Å². The monoisotopic (exact) mass is 212 g/mol. The molecular formula is C13H28N2. The summed E-state index contributed by atoms with van der Waals surface area (Å²) >= 11 is 0. The molecule has 0 saturated carbocycles. The summed E-state index contributed by atoms with van der Waals surface area (Å²) in [4.78, 5) is 2.62. The van der Waals surface area contributed by atoms with Gasteiger partial charge in [0.1, 0.15) is 0 Å². The van der Waals surface area contributed by atoms with Gasteiger partial charge in [0.15, 0.2) is 0 Å². The Kier molecular flexibility index (Phi) is 3.83. The first-order chi connectivity index (χ1) is 6.73.